The monoisotopic (exact) mass is 389 g/mol. The lowest BCUT2D eigenvalue weighted by Gasteiger charge is -2.03. The van der Waals surface area contributed by atoms with Crippen LogP contribution in [0, 0.1) is 12.7 Å². The van der Waals surface area contributed by atoms with Crippen LogP contribution >= 0.6 is 11.3 Å². The first-order valence-corrected chi connectivity index (χ1v) is 8.99. The second-order valence-corrected chi connectivity index (χ2v) is 6.41. The third kappa shape index (κ3) is 4.37. The largest absolute Gasteiger partial charge is 0.466 e. The molecule has 7 nitrogen and oxygen atoms in total. The Hall–Kier alpha value is -3.07. The van der Waals surface area contributed by atoms with Crippen LogP contribution in [0.5, 0.6) is 0 Å². The zero-order valence-corrected chi connectivity index (χ0v) is 15.4. The summed E-state index contributed by atoms with van der Waals surface area (Å²) in [5.74, 6) is -0.892. The Morgan fingerprint density at radius 1 is 1.30 bits per heavy atom. The number of halogens is 1. The van der Waals surface area contributed by atoms with E-state index in [1.54, 1.807) is 19.2 Å². The maximum absolute atomic E-state index is 13.1. The third-order valence-corrected chi connectivity index (χ3v) is 4.42. The maximum Gasteiger partial charge on any atom is 0.311 e. The van der Waals surface area contributed by atoms with Gasteiger partial charge in [-0.1, -0.05) is 5.16 Å². The molecular weight excluding hydrogens is 373 g/mol. The predicted octanol–water partition coefficient (Wildman–Crippen LogP) is 3.60. The number of hydrogen-bond donors (Lipinski definition) is 1. The minimum Gasteiger partial charge on any atom is -0.466 e. The first-order valence-electron chi connectivity index (χ1n) is 8.11. The Morgan fingerprint density at radius 3 is 2.74 bits per heavy atom. The average molecular weight is 389 g/mol. The molecule has 0 unspecified atom stereocenters. The highest BCUT2D eigenvalue weighted by Crippen LogP contribution is 2.27. The number of rotatable bonds is 6. The van der Waals surface area contributed by atoms with Gasteiger partial charge in [0.1, 0.15) is 22.8 Å². The van der Waals surface area contributed by atoms with E-state index in [0.717, 1.165) is 0 Å². The van der Waals surface area contributed by atoms with Crippen LogP contribution in [0.2, 0.25) is 0 Å². The quantitative estimate of drug-likeness (QED) is 0.647. The van der Waals surface area contributed by atoms with Gasteiger partial charge in [0.05, 0.1) is 18.7 Å². The molecule has 0 aliphatic rings. The number of nitrogens with zero attached hydrogens (tertiary/aromatic N) is 2. The van der Waals surface area contributed by atoms with Crippen molar-refractivity contribution in [1.29, 1.82) is 0 Å². The summed E-state index contributed by atoms with van der Waals surface area (Å²) in [6, 6.07) is 5.60. The summed E-state index contributed by atoms with van der Waals surface area (Å²) in [7, 11) is 0. The number of nitrogens with one attached hydrogen (secondary N) is 1. The Kier molecular flexibility index (Phi) is 5.60. The second kappa shape index (κ2) is 8.09. The van der Waals surface area contributed by atoms with E-state index < -0.39 is 5.91 Å². The number of thiazole rings is 1. The second-order valence-electron chi connectivity index (χ2n) is 5.55. The molecule has 0 bridgehead atoms. The van der Waals surface area contributed by atoms with Crippen LogP contribution < -0.4 is 5.32 Å². The van der Waals surface area contributed by atoms with Crippen LogP contribution in [0.25, 0.3) is 11.3 Å². The molecule has 27 heavy (non-hydrogen) atoms. The maximum atomic E-state index is 13.1. The molecule has 3 rings (SSSR count). The molecule has 140 valence electrons. The van der Waals surface area contributed by atoms with Crippen molar-refractivity contribution in [2.75, 3.05) is 11.9 Å². The topological polar surface area (TPSA) is 94.3 Å². The van der Waals surface area contributed by atoms with E-state index in [2.05, 4.69) is 15.5 Å². The number of amides is 1. The van der Waals surface area contributed by atoms with Crippen molar-refractivity contribution in [2.24, 2.45) is 0 Å². The zero-order valence-electron chi connectivity index (χ0n) is 14.6. The van der Waals surface area contributed by atoms with E-state index in [1.807, 2.05) is 0 Å². The highest BCUT2D eigenvalue weighted by atomic mass is 32.1. The summed E-state index contributed by atoms with van der Waals surface area (Å²) >= 11 is 1.19. The molecule has 0 saturated heterocycles. The van der Waals surface area contributed by atoms with Gasteiger partial charge in [-0.15, -0.1) is 11.3 Å². The molecule has 1 amide bonds. The van der Waals surface area contributed by atoms with Crippen LogP contribution in [-0.2, 0) is 16.0 Å². The molecule has 2 heterocycles. The fourth-order valence-electron chi connectivity index (χ4n) is 2.41. The van der Waals surface area contributed by atoms with Crippen LogP contribution in [0.1, 0.15) is 28.7 Å². The highest BCUT2D eigenvalue weighted by Gasteiger charge is 2.22. The van der Waals surface area contributed by atoms with Gasteiger partial charge >= 0.3 is 5.97 Å². The molecule has 2 aromatic heterocycles. The van der Waals surface area contributed by atoms with Gasteiger partial charge in [-0.25, -0.2) is 9.37 Å². The summed E-state index contributed by atoms with van der Waals surface area (Å²) in [6.07, 6.45) is 0.0351. The van der Waals surface area contributed by atoms with Crippen LogP contribution in [0.15, 0.2) is 34.2 Å². The number of aryl methyl sites for hydroxylation is 1. The standard InChI is InChI=1S/C18H16FN3O4S/c1-3-25-14(23)8-13-9-27-18(20-13)21-17(24)15-10(2)26-22-16(15)11-4-6-12(19)7-5-11/h4-7,9H,3,8H2,1-2H3,(H,20,21,24). The van der Waals surface area contributed by atoms with Gasteiger partial charge < -0.3 is 9.26 Å². The fourth-order valence-corrected chi connectivity index (χ4v) is 3.11. The molecule has 1 aromatic carbocycles. The van der Waals surface area contributed by atoms with Gasteiger partial charge in [-0.2, -0.15) is 0 Å². The zero-order chi connectivity index (χ0) is 19.4. The Labute approximate surface area is 158 Å². The van der Waals surface area contributed by atoms with E-state index in [-0.39, 0.29) is 23.8 Å². The molecule has 0 atom stereocenters. The first-order chi connectivity index (χ1) is 13.0. The summed E-state index contributed by atoms with van der Waals surface area (Å²) in [6.45, 7) is 3.64. The molecule has 1 N–H and O–H groups in total. The molecular formula is C18H16FN3O4S. The number of anilines is 1. The third-order valence-electron chi connectivity index (χ3n) is 3.61. The van der Waals surface area contributed by atoms with Gasteiger partial charge in [0.25, 0.3) is 5.91 Å². The van der Waals surface area contributed by atoms with E-state index >= 15 is 0 Å². The first kappa shape index (κ1) is 18.7. The number of esters is 1. The van der Waals surface area contributed by atoms with Crippen molar-refractivity contribution in [3.05, 3.63) is 52.5 Å². The van der Waals surface area contributed by atoms with Crippen molar-refractivity contribution in [1.82, 2.24) is 10.1 Å². The average Bonchev–Trinajstić information content (AvgIpc) is 3.22. The smallest absolute Gasteiger partial charge is 0.311 e. The molecule has 0 fully saturated rings. The lowest BCUT2D eigenvalue weighted by atomic mass is 10.1. The predicted molar refractivity (Wildman–Crippen MR) is 97.0 cm³/mol. The van der Waals surface area contributed by atoms with Gasteiger partial charge in [-0.3, -0.25) is 14.9 Å². The molecule has 0 aliphatic heterocycles. The molecule has 0 aliphatic carbocycles. The Balaban J connectivity index is 1.77. The number of carbonyl (C=O) groups is 2. The number of aromatic nitrogens is 2. The van der Waals surface area contributed by atoms with Gasteiger partial charge in [-0.05, 0) is 38.1 Å². The summed E-state index contributed by atoms with van der Waals surface area (Å²) < 4.78 is 23.1. The van der Waals surface area contributed by atoms with Gasteiger partial charge in [0.2, 0.25) is 0 Å². The van der Waals surface area contributed by atoms with E-state index in [1.165, 1.54) is 35.6 Å². The van der Waals surface area contributed by atoms with Crippen molar-refractivity contribution < 1.29 is 23.2 Å². The number of carbonyl (C=O) groups excluding carboxylic acids is 2. The minimum absolute atomic E-state index is 0.0351. The summed E-state index contributed by atoms with van der Waals surface area (Å²) in [5.41, 5.74) is 1.62. The van der Waals surface area contributed by atoms with Crippen molar-refractivity contribution in [3.8, 4) is 11.3 Å². The van der Waals surface area contributed by atoms with E-state index in [9.17, 15) is 14.0 Å². The summed E-state index contributed by atoms with van der Waals surface area (Å²) in [5, 5.41) is 8.59. The number of benzene rings is 1. The van der Waals surface area contributed by atoms with Gasteiger partial charge in [0.15, 0.2) is 5.13 Å². The Morgan fingerprint density at radius 2 is 2.04 bits per heavy atom. The number of hydrogen-bond acceptors (Lipinski definition) is 7. The molecule has 9 heteroatoms. The SMILES string of the molecule is CCOC(=O)Cc1csc(NC(=O)c2c(-c3ccc(F)cc3)noc2C)n1. The van der Waals surface area contributed by atoms with Crippen molar-refractivity contribution in [2.45, 2.75) is 20.3 Å². The Bertz CT molecular complexity index is 965. The molecule has 0 saturated carbocycles. The molecule has 0 radical (unpaired) electrons. The van der Waals surface area contributed by atoms with Crippen LogP contribution in [-0.4, -0.2) is 28.6 Å². The fraction of sp³-hybridized carbons (Fsp3) is 0.222. The normalized spacial score (nSPS) is 10.6. The molecule has 0 spiro atoms. The summed E-state index contributed by atoms with van der Waals surface area (Å²) in [4.78, 5) is 28.4. The lowest BCUT2D eigenvalue weighted by molar-refractivity contribution is -0.142. The lowest BCUT2D eigenvalue weighted by Crippen LogP contribution is -2.13. The highest BCUT2D eigenvalue weighted by molar-refractivity contribution is 7.14. The van der Waals surface area contributed by atoms with E-state index in [0.29, 0.717) is 34.4 Å². The van der Waals surface area contributed by atoms with E-state index in [4.69, 9.17) is 9.26 Å². The number of ether oxygens (including phenoxy) is 1. The van der Waals surface area contributed by atoms with Crippen LogP contribution in [0.4, 0.5) is 9.52 Å². The van der Waals surface area contributed by atoms with Crippen molar-refractivity contribution >= 4 is 28.3 Å². The molecule has 3 aromatic rings. The van der Waals surface area contributed by atoms with Crippen LogP contribution in [0.3, 0.4) is 0 Å². The minimum atomic E-state index is -0.454. The van der Waals surface area contributed by atoms with Crippen molar-refractivity contribution in [3.63, 3.8) is 0 Å². The van der Waals surface area contributed by atoms with Gasteiger partial charge in [0, 0.05) is 10.9 Å².